The van der Waals surface area contributed by atoms with E-state index in [9.17, 15) is 19.1 Å². The van der Waals surface area contributed by atoms with Crippen LogP contribution in [0.4, 0.5) is 4.39 Å². The van der Waals surface area contributed by atoms with Crippen LogP contribution in [0.15, 0.2) is 48.5 Å². The Hall–Kier alpha value is -1.96. The van der Waals surface area contributed by atoms with Crippen LogP contribution < -0.4 is 5.32 Å². The zero-order valence-corrected chi connectivity index (χ0v) is 14.3. The van der Waals surface area contributed by atoms with Crippen molar-refractivity contribution in [3.63, 3.8) is 0 Å². The van der Waals surface area contributed by atoms with E-state index in [1.54, 1.807) is 0 Å². The lowest BCUT2D eigenvalue weighted by Crippen LogP contribution is -2.43. The van der Waals surface area contributed by atoms with E-state index < -0.39 is 17.9 Å². The Morgan fingerprint density at radius 3 is 2.43 bits per heavy atom. The molecule has 0 saturated heterocycles. The summed E-state index contributed by atoms with van der Waals surface area (Å²) in [4.78, 5) is 23.4. The highest BCUT2D eigenvalue weighted by atomic mass is 127. The first-order valence-electron chi connectivity index (χ1n) is 6.95. The lowest BCUT2D eigenvalue weighted by atomic mass is 10.1. The highest BCUT2D eigenvalue weighted by Gasteiger charge is 2.20. The molecule has 0 radical (unpaired) electrons. The summed E-state index contributed by atoms with van der Waals surface area (Å²) in [7, 11) is 0. The third-order valence-electron chi connectivity index (χ3n) is 3.24. The molecule has 23 heavy (non-hydrogen) atoms. The van der Waals surface area contributed by atoms with Crippen LogP contribution in [0, 0.1) is 9.39 Å². The Balaban J connectivity index is 1.99. The van der Waals surface area contributed by atoms with E-state index in [-0.39, 0.29) is 18.7 Å². The Kier molecular flexibility index (Phi) is 6.09. The molecule has 0 spiro atoms. The third kappa shape index (κ3) is 5.63. The summed E-state index contributed by atoms with van der Waals surface area (Å²) in [5.74, 6) is -1.87. The fourth-order valence-corrected chi connectivity index (χ4v) is 2.74. The van der Waals surface area contributed by atoms with E-state index in [1.807, 2.05) is 24.3 Å². The first kappa shape index (κ1) is 17.4. The van der Waals surface area contributed by atoms with Crippen LogP contribution in [0.1, 0.15) is 11.1 Å². The Labute approximate surface area is 146 Å². The average molecular weight is 427 g/mol. The molecule has 0 aliphatic carbocycles. The van der Waals surface area contributed by atoms with Gasteiger partial charge in [0, 0.05) is 9.99 Å². The van der Waals surface area contributed by atoms with Gasteiger partial charge in [-0.15, -0.1) is 0 Å². The normalized spacial score (nSPS) is 11.7. The van der Waals surface area contributed by atoms with Gasteiger partial charge >= 0.3 is 5.97 Å². The second kappa shape index (κ2) is 8.05. The van der Waals surface area contributed by atoms with E-state index >= 15 is 0 Å². The molecule has 120 valence electrons. The summed E-state index contributed by atoms with van der Waals surface area (Å²) in [6, 6.07) is 12.0. The summed E-state index contributed by atoms with van der Waals surface area (Å²) >= 11 is 2.15. The number of carboxylic acids is 1. The number of hydrogen-bond donors (Lipinski definition) is 2. The number of carbonyl (C=O) groups is 2. The van der Waals surface area contributed by atoms with E-state index in [1.165, 1.54) is 24.3 Å². The van der Waals surface area contributed by atoms with Gasteiger partial charge in [0.25, 0.3) is 0 Å². The monoisotopic (exact) mass is 427 g/mol. The molecule has 0 aliphatic heterocycles. The molecule has 0 heterocycles. The fourth-order valence-electron chi connectivity index (χ4n) is 2.13. The highest BCUT2D eigenvalue weighted by molar-refractivity contribution is 14.1. The van der Waals surface area contributed by atoms with Crippen LogP contribution in [0.25, 0.3) is 0 Å². The number of hydrogen-bond acceptors (Lipinski definition) is 2. The molecule has 0 saturated carbocycles. The largest absolute Gasteiger partial charge is 0.480 e. The van der Waals surface area contributed by atoms with Crippen molar-refractivity contribution in [3.05, 3.63) is 69.0 Å². The molecule has 0 fully saturated rings. The Bertz CT molecular complexity index is 703. The Morgan fingerprint density at radius 2 is 1.83 bits per heavy atom. The van der Waals surface area contributed by atoms with Crippen molar-refractivity contribution in [2.75, 3.05) is 0 Å². The predicted molar refractivity (Wildman–Crippen MR) is 92.5 cm³/mol. The molecule has 4 nitrogen and oxygen atoms in total. The van der Waals surface area contributed by atoms with E-state index in [2.05, 4.69) is 27.9 Å². The maximum absolute atomic E-state index is 12.8. The van der Waals surface area contributed by atoms with E-state index in [0.717, 1.165) is 9.13 Å². The molecule has 0 bridgehead atoms. The maximum atomic E-state index is 12.8. The van der Waals surface area contributed by atoms with Crippen molar-refractivity contribution in [2.45, 2.75) is 18.9 Å². The molecule has 1 amide bonds. The first-order chi connectivity index (χ1) is 10.9. The minimum atomic E-state index is -1.09. The van der Waals surface area contributed by atoms with Gasteiger partial charge in [-0.2, -0.15) is 0 Å². The number of halogens is 2. The zero-order valence-electron chi connectivity index (χ0n) is 12.1. The molecule has 0 unspecified atom stereocenters. The van der Waals surface area contributed by atoms with Crippen molar-refractivity contribution in [1.29, 1.82) is 0 Å². The minimum Gasteiger partial charge on any atom is -0.480 e. The molecule has 0 aliphatic rings. The van der Waals surface area contributed by atoms with Crippen LogP contribution in [-0.2, 0) is 22.4 Å². The number of rotatable bonds is 6. The SMILES string of the molecule is O=C(Cc1ccc(F)cc1)N[C@H](Cc1cccc(I)c1)C(=O)O. The second-order valence-electron chi connectivity index (χ2n) is 5.10. The van der Waals surface area contributed by atoms with Gasteiger partial charge in [0.2, 0.25) is 5.91 Å². The summed E-state index contributed by atoms with van der Waals surface area (Å²) in [6.45, 7) is 0. The predicted octanol–water partition coefficient (Wildman–Crippen LogP) is 2.78. The number of amides is 1. The highest BCUT2D eigenvalue weighted by Crippen LogP contribution is 2.10. The molecular formula is C17H15FINO3. The molecule has 2 aromatic carbocycles. The van der Waals surface area contributed by atoms with Crippen LogP contribution in [0.2, 0.25) is 0 Å². The molecule has 0 aromatic heterocycles. The maximum Gasteiger partial charge on any atom is 0.326 e. The van der Waals surface area contributed by atoms with Crippen LogP contribution in [0.5, 0.6) is 0 Å². The molecular weight excluding hydrogens is 412 g/mol. The molecule has 2 aromatic rings. The van der Waals surface area contributed by atoms with Gasteiger partial charge in [-0.25, -0.2) is 9.18 Å². The summed E-state index contributed by atoms with van der Waals surface area (Å²) < 4.78 is 13.8. The van der Waals surface area contributed by atoms with Crippen molar-refractivity contribution in [3.8, 4) is 0 Å². The van der Waals surface area contributed by atoms with Gasteiger partial charge in [-0.1, -0.05) is 24.3 Å². The van der Waals surface area contributed by atoms with E-state index in [0.29, 0.717) is 5.56 Å². The van der Waals surface area contributed by atoms with Gasteiger partial charge in [0.15, 0.2) is 0 Å². The van der Waals surface area contributed by atoms with Gasteiger partial charge in [0.05, 0.1) is 6.42 Å². The van der Waals surface area contributed by atoms with Crippen molar-refractivity contribution < 1.29 is 19.1 Å². The average Bonchev–Trinajstić information content (AvgIpc) is 2.49. The van der Waals surface area contributed by atoms with Crippen molar-refractivity contribution in [1.82, 2.24) is 5.32 Å². The summed E-state index contributed by atoms with van der Waals surface area (Å²) in [6.07, 6.45) is 0.220. The van der Waals surface area contributed by atoms with Gasteiger partial charge < -0.3 is 10.4 Å². The van der Waals surface area contributed by atoms with Gasteiger partial charge in [-0.05, 0) is 58.0 Å². The summed E-state index contributed by atoms with van der Waals surface area (Å²) in [5.41, 5.74) is 1.47. The molecule has 2 N–H and O–H groups in total. The molecule has 1 atom stereocenters. The third-order valence-corrected chi connectivity index (χ3v) is 3.91. The second-order valence-corrected chi connectivity index (χ2v) is 6.34. The van der Waals surface area contributed by atoms with Crippen LogP contribution in [0.3, 0.4) is 0 Å². The molecule has 6 heteroatoms. The first-order valence-corrected chi connectivity index (χ1v) is 8.03. The summed E-state index contributed by atoms with van der Waals surface area (Å²) in [5, 5.41) is 11.8. The van der Waals surface area contributed by atoms with Crippen molar-refractivity contribution in [2.24, 2.45) is 0 Å². The molecule has 2 rings (SSSR count). The zero-order chi connectivity index (χ0) is 16.8. The number of aliphatic carboxylic acids is 1. The topological polar surface area (TPSA) is 66.4 Å². The van der Waals surface area contributed by atoms with Crippen LogP contribution >= 0.6 is 22.6 Å². The number of benzene rings is 2. The fraction of sp³-hybridized carbons (Fsp3) is 0.176. The minimum absolute atomic E-state index is 0.0103. The number of carboxylic acid groups (broad SMARTS) is 1. The quantitative estimate of drug-likeness (QED) is 0.697. The smallest absolute Gasteiger partial charge is 0.326 e. The van der Waals surface area contributed by atoms with Crippen LogP contribution in [-0.4, -0.2) is 23.0 Å². The lowest BCUT2D eigenvalue weighted by molar-refractivity contribution is -0.141. The van der Waals surface area contributed by atoms with Gasteiger partial charge in [0.1, 0.15) is 11.9 Å². The van der Waals surface area contributed by atoms with Crippen molar-refractivity contribution >= 4 is 34.5 Å². The number of carbonyl (C=O) groups excluding carboxylic acids is 1. The van der Waals surface area contributed by atoms with Gasteiger partial charge in [-0.3, -0.25) is 4.79 Å². The van der Waals surface area contributed by atoms with E-state index in [4.69, 9.17) is 0 Å². The number of nitrogens with one attached hydrogen (secondary N) is 1. The standard InChI is InChI=1S/C17H15FINO3/c18-13-6-4-11(5-7-13)10-16(21)20-15(17(22)23)9-12-2-1-3-14(19)8-12/h1-8,15H,9-10H2,(H,20,21)(H,22,23)/t15-/m1/s1. The lowest BCUT2D eigenvalue weighted by Gasteiger charge is -2.15. The Morgan fingerprint density at radius 1 is 1.13 bits per heavy atom.